The van der Waals surface area contributed by atoms with Crippen molar-refractivity contribution in [2.75, 3.05) is 19.5 Å². The summed E-state index contributed by atoms with van der Waals surface area (Å²) in [5, 5.41) is 10.7. The second-order valence-electron chi connectivity index (χ2n) is 3.28. The van der Waals surface area contributed by atoms with Crippen molar-refractivity contribution in [2.45, 2.75) is 6.92 Å². The Morgan fingerprint density at radius 3 is 2.24 bits per heavy atom. The molecule has 0 unspecified atom stereocenters. The van der Waals surface area contributed by atoms with Gasteiger partial charge >= 0.3 is 11.9 Å². The van der Waals surface area contributed by atoms with Gasteiger partial charge in [-0.2, -0.15) is 0 Å². The van der Waals surface area contributed by atoms with Crippen LogP contribution in [0.1, 0.15) is 5.56 Å². The molecule has 0 aromatic heterocycles. The van der Waals surface area contributed by atoms with E-state index >= 15 is 0 Å². The minimum atomic E-state index is -1.56. The van der Waals surface area contributed by atoms with Crippen molar-refractivity contribution in [3.8, 4) is 11.5 Å². The van der Waals surface area contributed by atoms with Crippen molar-refractivity contribution < 1.29 is 24.2 Å². The molecule has 92 valence electrons. The van der Waals surface area contributed by atoms with Crippen LogP contribution < -0.4 is 14.8 Å². The number of hydrogen-bond donors (Lipinski definition) is 2. The molecule has 1 amide bonds. The largest absolute Gasteiger partial charge is 0.496 e. The first kappa shape index (κ1) is 12.8. The summed E-state index contributed by atoms with van der Waals surface area (Å²) in [5.41, 5.74) is 1.07. The third kappa shape index (κ3) is 2.87. The Bertz CT molecular complexity index is 455. The average molecular weight is 239 g/mol. The average Bonchev–Trinajstić information content (AvgIpc) is 2.30. The zero-order valence-corrected chi connectivity index (χ0v) is 9.73. The van der Waals surface area contributed by atoms with Crippen LogP contribution in [0.25, 0.3) is 0 Å². The molecule has 0 bridgehead atoms. The summed E-state index contributed by atoms with van der Waals surface area (Å²) in [4.78, 5) is 21.5. The number of anilines is 1. The Morgan fingerprint density at radius 2 is 1.76 bits per heavy atom. The van der Waals surface area contributed by atoms with Crippen LogP contribution in [0, 0.1) is 6.92 Å². The number of ether oxygens (including phenoxy) is 2. The van der Waals surface area contributed by atoms with Gasteiger partial charge in [-0.05, 0) is 18.6 Å². The molecule has 1 aromatic carbocycles. The normalized spacial score (nSPS) is 9.59. The van der Waals surface area contributed by atoms with Crippen LogP contribution in [0.15, 0.2) is 12.1 Å². The fourth-order valence-electron chi connectivity index (χ4n) is 1.32. The molecule has 6 heteroatoms. The first-order chi connectivity index (χ1) is 7.99. The Labute approximate surface area is 98.2 Å². The molecular formula is C11H13NO5. The molecule has 0 aliphatic rings. The number of carboxylic acids is 1. The molecule has 2 N–H and O–H groups in total. The smallest absolute Gasteiger partial charge is 0.394 e. The van der Waals surface area contributed by atoms with Crippen molar-refractivity contribution in [2.24, 2.45) is 0 Å². The van der Waals surface area contributed by atoms with Gasteiger partial charge in [0.2, 0.25) is 0 Å². The molecule has 0 radical (unpaired) electrons. The van der Waals surface area contributed by atoms with Gasteiger partial charge in [0.15, 0.2) is 0 Å². The summed E-state index contributed by atoms with van der Waals surface area (Å²) in [6.07, 6.45) is 0. The monoisotopic (exact) mass is 239 g/mol. The highest BCUT2D eigenvalue weighted by Gasteiger charge is 2.15. The van der Waals surface area contributed by atoms with Gasteiger partial charge in [0.25, 0.3) is 0 Å². The number of rotatable bonds is 3. The molecule has 1 aromatic rings. The van der Waals surface area contributed by atoms with Crippen LogP contribution in [0.3, 0.4) is 0 Å². The van der Waals surface area contributed by atoms with Crippen molar-refractivity contribution >= 4 is 17.6 Å². The summed E-state index contributed by atoms with van der Waals surface area (Å²) in [6, 6.07) is 3.16. The van der Waals surface area contributed by atoms with Crippen LogP contribution >= 0.6 is 0 Å². The van der Waals surface area contributed by atoms with E-state index in [1.807, 2.05) is 6.92 Å². The first-order valence-corrected chi connectivity index (χ1v) is 4.76. The molecule has 0 spiro atoms. The van der Waals surface area contributed by atoms with Gasteiger partial charge < -0.3 is 19.9 Å². The van der Waals surface area contributed by atoms with Gasteiger partial charge in [-0.25, -0.2) is 4.79 Å². The van der Waals surface area contributed by atoms with E-state index < -0.39 is 11.9 Å². The van der Waals surface area contributed by atoms with Crippen molar-refractivity contribution in [3.63, 3.8) is 0 Å². The zero-order valence-electron chi connectivity index (χ0n) is 9.73. The molecule has 0 atom stereocenters. The van der Waals surface area contributed by atoms with Gasteiger partial charge in [-0.15, -0.1) is 0 Å². The van der Waals surface area contributed by atoms with Crippen molar-refractivity contribution in [3.05, 3.63) is 17.7 Å². The van der Waals surface area contributed by atoms with Gasteiger partial charge in [0, 0.05) is 6.07 Å². The van der Waals surface area contributed by atoms with E-state index in [0.29, 0.717) is 11.5 Å². The maximum atomic E-state index is 11.1. The summed E-state index contributed by atoms with van der Waals surface area (Å²) in [5.74, 6) is -1.79. The fourth-order valence-corrected chi connectivity index (χ4v) is 1.32. The fraction of sp³-hybridized carbons (Fsp3) is 0.273. The quantitative estimate of drug-likeness (QED) is 0.770. The molecule has 0 aliphatic heterocycles. The van der Waals surface area contributed by atoms with Crippen LogP contribution in [-0.4, -0.2) is 31.2 Å². The molecule has 0 aliphatic carbocycles. The number of carbonyl (C=O) groups is 2. The third-order valence-corrected chi connectivity index (χ3v) is 2.16. The second-order valence-corrected chi connectivity index (χ2v) is 3.28. The summed E-state index contributed by atoms with van der Waals surface area (Å²) >= 11 is 0. The Morgan fingerprint density at radius 1 is 1.18 bits per heavy atom. The minimum absolute atomic E-state index is 0.252. The number of hydrogen-bond acceptors (Lipinski definition) is 4. The van der Waals surface area contributed by atoms with Gasteiger partial charge in [0.1, 0.15) is 11.5 Å². The van der Waals surface area contributed by atoms with E-state index in [1.165, 1.54) is 20.3 Å². The maximum absolute atomic E-state index is 11.1. The van der Waals surface area contributed by atoms with Crippen LogP contribution in [-0.2, 0) is 9.59 Å². The number of aryl methyl sites for hydroxylation is 1. The Hall–Kier alpha value is -2.24. The molecule has 0 fully saturated rings. The molecule has 0 saturated carbocycles. The van der Waals surface area contributed by atoms with Crippen molar-refractivity contribution in [1.29, 1.82) is 0 Å². The van der Waals surface area contributed by atoms with Crippen LogP contribution in [0.2, 0.25) is 0 Å². The highest BCUT2D eigenvalue weighted by molar-refractivity contribution is 6.36. The lowest BCUT2D eigenvalue weighted by molar-refractivity contribution is -0.147. The van der Waals surface area contributed by atoms with Gasteiger partial charge in [0.05, 0.1) is 19.9 Å². The zero-order chi connectivity index (χ0) is 13.0. The number of benzene rings is 1. The Kier molecular flexibility index (Phi) is 3.92. The topological polar surface area (TPSA) is 84.9 Å². The molecule has 6 nitrogen and oxygen atoms in total. The van der Waals surface area contributed by atoms with E-state index in [1.54, 1.807) is 6.07 Å². The van der Waals surface area contributed by atoms with E-state index in [-0.39, 0.29) is 5.69 Å². The molecule has 17 heavy (non-hydrogen) atoms. The highest BCUT2D eigenvalue weighted by Crippen LogP contribution is 2.32. The van der Waals surface area contributed by atoms with Crippen LogP contribution in [0.4, 0.5) is 5.69 Å². The second kappa shape index (κ2) is 5.20. The van der Waals surface area contributed by atoms with Crippen molar-refractivity contribution in [1.82, 2.24) is 0 Å². The van der Waals surface area contributed by atoms with Gasteiger partial charge in [-0.1, -0.05) is 0 Å². The molecule has 1 rings (SSSR count). The number of methoxy groups -OCH3 is 2. The predicted molar refractivity (Wildman–Crippen MR) is 60.5 cm³/mol. The number of carbonyl (C=O) groups excluding carboxylic acids is 1. The predicted octanol–water partition coefficient (Wildman–Crippen LogP) is 1.04. The lowest BCUT2D eigenvalue weighted by Crippen LogP contribution is -2.22. The van der Waals surface area contributed by atoms with E-state index in [9.17, 15) is 9.59 Å². The van der Waals surface area contributed by atoms with Gasteiger partial charge in [-0.3, -0.25) is 4.79 Å². The SMILES string of the molecule is COc1cc(NC(=O)C(=O)O)c(OC)cc1C. The number of carboxylic acid groups (broad SMARTS) is 1. The summed E-state index contributed by atoms with van der Waals surface area (Å²) in [7, 11) is 2.91. The maximum Gasteiger partial charge on any atom is 0.394 e. The Balaban J connectivity index is 3.12. The molecular weight excluding hydrogens is 226 g/mol. The number of nitrogens with one attached hydrogen (secondary N) is 1. The lowest BCUT2D eigenvalue weighted by atomic mass is 10.2. The standard InChI is InChI=1S/C11H13NO5/c1-6-4-9(17-3)7(5-8(6)16-2)12-10(13)11(14)15/h4-5H,1-3H3,(H,12,13)(H,14,15). The number of aliphatic carboxylic acids is 1. The summed E-state index contributed by atoms with van der Waals surface area (Å²) in [6.45, 7) is 1.81. The van der Waals surface area contributed by atoms with Crippen LogP contribution in [0.5, 0.6) is 11.5 Å². The molecule has 0 heterocycles. The minimum Gasteiger partial charge on any atom is -0.496 e. The third-order valence-electron chi connectivity index (χ3n) is 2.16. The lowest BCUT2D eigenvalue weighted by Gasteiger charge is -2.12. The van der Waals surface area contributed by atoms with E-state index in [2.05, 4.69) is 5.32 Å². The van der Waals surface area contributed by atoms with E-state index in [4.69, 9.17) is 14.6 Å². The molecule has 0 saturated heterocycles. The number of amides is 1. The summed E-state index contributed by atoms with van der Waals surface area (Å²) < 4.78 is 10.1. The highest BCUT2D eigenvalue weighted by atomic mass is 16.5. The first-order valence-electron chi connectivity index (χ1n) is 4.76. The van der Waals surface area contributed by atoms with E-state index in [0.717, 1.165) is 5.56 Å².